The second-order valence-corrected chi connectivity index (χ2v) is 8.22. The van der Waals surface area contributed by atoms with Gasteiger partial charge in [-0.05, 0) is 48.5 Å². The summed E-state index contributed by atoms with van der Waals surface area (Å²) in [6, 6.07) is 24.7. The van der Waals surface area contributed by atoms with E-state index in [9.17, 15) is 14.4 Å². The van der Waals surface area contributed by atoms with E-state index in [0.717, 1.165) is 10.7 Å². The summed E-state index contributed by atoms with van der Waals surface area (Å²) in [5.41, 5.74) is 0.535. The monoisotopic (exact) mass is 470 g/mol. The SMILES string of the molecule is CC(=O)NC1(Nc2ccc(N(C)C)cc2)C(=O)N(c2ccccc2)N=C1NC(=O)c1ccccc1. The maximum atomic E-state index is 13.8. The first-order valence-electron chi connectivity index (χ1n) is 11.0. The Labute approximate surface area is 203 Å². The molecule has 0 saturated heterocycles. The number of carbonyl (C=O) groups is 3. The van der Waals surface area contributed by atoms with Crippen molar-refractivity contribution in [3.05, 3.63) is 90.5 Å². The molecule has 1 heterocycles. The van der Waals surface area contributed by atoms with Crippen LogP contribution in [0.25, 0.3) is 0 Å². The van der Waals surface area contributed by atoms with E-state index in [1.807, 2.05) is 37.2 Å². The predicted octanol–water partition coefficient (Wildman–Crippen LogP) is 2.79. The van der Waals surface area contributed by atoms with Gasteiger partial charge in [0.05, 0.1) is 5.69 Å². The topological polar surface area (TPSA) is 106 Å². The molecule has 4 rings (SSSR count). The van der Waals surface area contributed by atoms with Crippen molar-refractivity contribution in [3.8, 4) is 0 Å². The number of anilines is 3. The molecule has 3 aromatic carbocycles. The molecule has 1 aliphatic heterocycles. The molecule has 3 aromatic rings. The molecule has 1 atom stereocenters. The van der Waals surface area contributed by atoms with E-state index < -0.39 is 23.4 Å². The van der Waals surface area contributed by atoms with Crippen LogP contribution in [-0.2, 0) is 9.59 Å². The highest BCUT2D eigenvalue weighted by Gasteiger charge is 2.54. The standard InChI is InChI=1S/C26H26N6O3/c1-18(33)28-26(29-20-14-16-21(17-15-20)31(2)3)24(27-23(34)19-10-6-4-7-11-19)30-32(25(26)35)22-12-8-5-9-13-22/h4-17,29H,1-3H3,(H,28,33)(H,27,30,34). The third kappa shape index (κ3) is 4.84. The Morgan fingerprint density at radius 2 is 1.49 bits per heavy atom. The molecule has 3 amide bonds. The molecule has 0 bridgehead atoms. The number of hydrazone groups is 1. The lowest BCUT2D eigenvalue weighted by molar-refractivity contribution is -0.127. The van der Waals surface area contributed by atoms with Crippen molar-refractivity contribution in [2.24, 2.45) is 5.10 Å². The van der Waals surface area contributed by atoms with Gasteiger partial charge in [0, 0.05) is 38.0 Å². The summed E-state index contributed by atoms with van der Waals surface area (Å²) < 4.78 is 0. The molecule has 1 aliphatic rings. The molecule has 3 N–H and O–H groups in total. The lowest BCUT2D eigenvalue weighted by Gasteiger charge is -2.31. The number of rotatable bonds is 6. The minimum Gasteiger partial charge on any atom is -0.378 e. The number of amidine groups is 1. The van der Waals surface area contributed by atoms with E-state index in [-0.39, 0.29) is 5.84 Å². The number of hydrogen-bond acceptors (Lipinski definition) is 6. The fraction of sp³-hybridized carbons (Fsp3) is 0.154. The number of carbonyl (C=O) groups excluding carboxylic acids is 3. The summed E-state index contributed by atoms with van der Waals surface area (Å²) in [5, 5.41) is 14.2. The van der Waals surface area contributed by atoms with Crippen LogP contribution in [0.4, 0.5) is 17.1 Å². The second kappa shape index (κ2) is 9.68. The molecule has 0 saturated carbocycles. The molecule has 35 heavy (non-hydrogen) atoms. The van der Waals surface area contributed by atoms with Crippen molar-refractivity contribution >= 4 is 40.6 Å². The fourth-order valence-electron chi connectivity index (χ4n) is 3.69. The van der Waals surface area contributed by atoms with Gasteiger partial charge in [0.2, 0.25) is 5.91 Å². The van der Waals surface area contributed by atoms with Gasteiger partial charge in [-0.3, -0.25) is 14.4 Å². The highest BCUT2D eigenvalue weighted by Crippen LogP contribution is 2.28. The van der Waals surface area contributed by atoms with Gasteiger partial charge in [-0.2, -0.15) is 5.01 Å². The molecule has 9 heteroatoms. The lowest BCUT2D eigenvalue weighted by atomic mass is 10.1. The molecule has 0 spiro atoms. The van der Waals surface area contributed by atoms with Crippen LogP contribution in [-0.4, -0.2) is 43.3 Å². The van der Waals surface area contributed by atoms with Gasteiger partial charge in [0.25, 0.3) is 11.6 Å². The lowest BCUT2D eigenvalue weighted by Crippen LogP contribution is -2.67. The third-order valence-corrected chi connectivity index (χ3v) is 5.42. The molecular formula is C26H26N6O3. The highest BCUT2D eigenvalue weighted by atomic mass is 16.2. The molecular weight excluding hydrogens is 444 g/mol. The van der Waals surface area contributed by atoms with Crippen LogP contribution in [0.2, 0.25) is 0 Å². The van der Waals surface area contributed by atoms with Crippen LogP contribution >= 0.6 is 0 Å². The number of nitrogens with zero attached hydrogens (tertiary/aromatic N) is 3. The van der Waals surface area contributed by atoms with Gasteiger partial charge < -0.3 is 20.9 Å². The smallest absolute Gasteiger partial charge is 0.302 e. The maximum absolute atomic E-state index is 13.8. The first kappa shape index (κ1) is 23.5. The highest BCUT2D eigenvalue weighted by molar-refractivity contribution is 6.28. The predicted molar refractivity (Wildman–Crippen MR) is 136 cm³/mol. The Kier molecular flexibility index (Phi) is 6.50. The molecule has 1 unspecified atom stereocenters. The second-order valence-electron chi connectivity index (χ2n) is 8.22. The Bertz CT molecular complexity index is 1260. The van der Waals surface area contributed by atoms with Crippen LogP contribution < -0.4 is 25.9 Å². The molecule has 0 fully saturated rings. The summed E-state index contributed by atoms with van der Waals surface area (Å²) in [4.78, 5) is 41.1. The fourth-order valence-corrected chi connectivity index (χ4v) is 3.69. The Hall–Kier alpha value is -4.66. The Morgan fingerprint density at radius 1 is 0.886 bits per heavy atom. The summed E-state index contributed by atoms with van der Waals surface area (Å²) in [6.45, 7) is 1.30. The average Bonchev–Trinajstić information content (AvgIpc) is 3.11. The molecule has 0 aromatic heterocycles. The molecule has 178 valence electrons. The van der Waals surface area contributed by atoms with E-state index in [4.69, 9.17) is 0 Å². The summed E-state index contributed by atoms with van der Waals surface area (Å²) in [7, 11) is 3.84. The normalized spacial score (nSPS) is 16.9. The van der Waals surface area contributed by atoms with Gasteiger partial charge in [0.15, 0.2) is 5.84 Å². The van der Waals surface area contributed by atoms with Gasteiger partial charge in [0.1, 0.15) is 0 Å². The van der Waals surface area contributed by atoms with Crippen molar-refractivity contribution in [2.45, 2.75) is 12.6 Å². The number of para-hydroxylation sites is 1. The largest absolute Gasteiger partial charge is 0.378 e. The zero-order valence-corrected chi connectivity index (χ0v) is 19.6. The number of hydrogen-bond donors (Lipinski definition) is 3. The van der Waals surface area contributed by atoms with Crippen LogP contribution in [0.1, 0.15) is 17.3 Å². The van der Waals surface area contributed by atoms with Crippen molar-refractivity contribution in [1.29, 1.82) is 0 Å². The quantitative estimate of drug-likeness (QED) is 0.481. The summed E-state index contributed by atoms with van der Waals surface area (Å²) in [5.74, 6) is -1.56. The number of amides is 3. The van der Waals surface area contributed by atoms with Gasteiger partial charge in [-0.25, -0.2) is 0 Å². The zero-order valence-electron chi connectivity index (χ0n) is 19.6. The molecule has 0 aliphatic carbocycles. The van der Waals surface area contributed by atoms with Crippen LogP contribution in [0, 0.1) is 0 Å². The molecule has 9 nitrogen and oxygen atoms in total. The van der Waals surface area contributed by atoms with Gasteiger partial charge in [-0.15, -0.1) is 5.10 Å². The first-order chi connectivity index (χ1) is 16.8. The average molecular weight is 471 g/mol. The van der Waals surface area contributed by atoms with E-state index >= 15 is 0 Å². The van der Waals surface area contributed by atoms with Crippen molar-refractivity contribution < 1.29 is 14.4 Å². The minimum absolute atomic E-state index is 0.0490. The van der Waals surface area contributed by atoms with Gasteiger partial charge in [-0.1, -0.05) is 36.4 Å². The van der Waals surface area contributed by atoms with Crippen molar-refractivity contribution in [1.82, 2.24) is 10.6 Å². The van der Waals surface area contributed by atoms with Crippen molar-refractivity contribution in [2.75, 3.05) is 29.3 Å². The van der Waals surface area contributed by atoms with E-state index in [1.54, 1.807) is 66.7 Å². The first-order valence-corrected chi connectivity index (χ1v) is 11.0. The van der Waals surface area contributed by atoms with E-state index in [0.29, 0.717) is 16.9 Å². The Morgan fingerprint density at radius 3 is 2.06 bits per heavy atom. The number of benzene rings is 3. The van der Waals surface area contributed by atoms with Crippen LogP contribution in [0.3, 0.4) is 0 Å². The Balaban J connectivity index is 1.78. The maximum Gasteiger partial charge on any atom is 0.302 e. The van der Waals surface area contributed by atoms with Crippen molar-refractivity contribution in [3.63, 3.8) is 0 Å². The minimum atomic E-state index is -1.84. The van der Waals surface area contributed by atoms with E-state index in [1.165, 1.54) is 6.92 Å². The summed E-state index contributed by atoms with van der Waals surface area (Å²) in [6.07, 6.45) is 0. The van der Waals surface area contributed by atoms with Gasteiger partial charge >= 0.3 is 5.91 Å². The van der Waals surface area contributed by atoms with Crippen LogP contribution in [0.15, 0.2) is 90.0 Å². The summed E-state index contributed by atoms with van der Waals surface area (Å²) >= 11 is 0. The number of nitrogens with one attached hydrogen (secondary N) is 3. The molecule has 0 radical (unpaired) electrons. The zero-order chi connectivity index (χ0) is 25.0. The third-order valence-electron chi connectivity index (χ3n) is 5.42. The van der Waals surface area contributed by atoms with Crippen LogP contribution in [0.5, 0.6) is 0 Å². The van der Waals surface area contributed by atoms with E-state index in [2.05, 4.69) is 21.1 Å².